The van der Waals surface area contributed by atoms with Crippen LogP contribution in [0.1, 0.15) is 30.4 Å². The van der Waals surface area contributed by atoms with Crippen LogP contribution in [0.15, 0.2) is 60.2 Å². The number of aliphatic hydroxyl groups excluding tert-OH is 2. The van der Waals surface area contributed by atoms with E-state index in [0.717, 1.165) is 11.1 Å². The minimum Gasteiger partial charge on any atom is -0.497 e. The largest absolute Gasteiger partial charge is 0.497 e. The van der Waals surface area contributed by atoms with Gasteiger partial charge in [-0.25, -0.2) is 0 Å². The summed E-state index contributed by atoms with van der Waals surface area (Å²) in [6.45, 7) is 1.55. The van der Waals surface area contributed by atoms with Gasteiger partial charge in [0.05, 0.1) is 25.7 Å². The molecule has 9 nitrogen and oxygen atoms in total. The van der Waals surface area contributed by atoms with Crippen molar-refractivity contribution in [1.82, 2.24) is 10.2 Å². The van der Waals surface area contributed by atoms with E-state index in [0.29, 0.717) is 23.5 Å². The summed E-state index contributed by atoms with van der Waals surface area (Å²) in [5.74, 6) is -1.08. The van der Waals surface area contributed by atoms with Crippen molar-refractivity contribution in [3.8, 4) is 11.5 Å². The predicted octanol–water partition coefficient (Wildman–Crippen LogP) is 1.37. The average Bonchev–Trinajstić information content (AvgIpc) is 3.32. The number of carbonyl (C=O) groups excluding carboxylic acids is 3. The lowest BCUT2D eigenvalue weighted by molar-refractivity contribution is -0.148. The van der Waals surface area contributed by atoms with Gasteiger partial charge in [0.15, 0.2) is 0 Å². The summed E-state index contributed by atoms with van der Waals surface area (Å²) in [5.41, 5.74) is 1.97. The number of benzene rings is 2. The molecule has 0 saturated carbocycles. The van der Waals surface area contributed by atoms with E-state index in [1.54, 1.807) is 32.2 Å². The molecule has 0 fully saturated rings. The molecule has 196 valence electrons. The summed E-state index contributed by atoms with van der Waals surface area (Å²) in [6, 6.07) is 13.7. The van der Waals surface area contributed by atoms with Crippen LogP contribution in [0.3, 0.4) is 0 Å². The number of rotatable bonds is 10. The third-order valence-corrected chi connectivity index (χ3v) is 6.83. The number of nitrogens with zero attached hydrogens (tertiary/aromatic N) is 1. The lowest BCUT2D eigenvalue weighted by atomic mass is 9.77. The summed E-state index contributed by atoms with van der Waals surface area (Å²) in [5, 5.41) is 23.4. The number of ketones is 1. The number of para-hydroxylation sites is 1. The van der Waals surface area contributed by atoms with Crippen molar-refractivity contribution in [1.29, 1.82) is 0 Å². The maximum Gasteiger partial charge on any atom is 0.290 e. The van der Waals surface area contributed by atoms with E-state index in [1.165, 1.54) is 4.90 Å². The van der Waals surface area contributed by atoms with Gasteiger partial charge in [0.25, 0.3) is 5.91 Å². The fraction of sp³-hybridized carbons (Fsp3) is 0.393. The molecule has 0 bridgehead atoms. The number of ether oxygens (including phenoxy) is 2. The first kappa shape index (κ1) is 26.4. The second-order valence-corrected chi connectivity index (χ2v) is 9.06. The van der Waals surface area contributed by atoms with Crippen molar-refractivity contribution in [2.75, 3.05) is 26.8 Å². The van der Waals surface area contributed by atoms with Gasteiger partial charge in [-0.2, -0.15) is 0 Å². The summed E-state index contributed by atoms with van der Waals surface area (Å²) in [7, 11) is 1.57. The molecule has 0 unspecified atom stereocenters. The molecule has 2 aromatic rings. The van der Waals surface area contributed by atoms with E-state index < -0.39 is 41.8 Å². The highest BCUT2D eigenvalue weighted by atomic mass is 16.5. The molecular formula is C28H32N2O7. The first-order chi connectivity index (χ1) is 17.9. The summed E-state index contributed by atoms with van der Waals surface area (Å²) in [4.78, 5) is 40.3. The zero-order valence-electron chi connectivity index (χ0n) is 20.9. The third kappa shape index (κ3) is 5.38. The molecule has 2 amide bonds. The van der Waals surface area contributed by atoms with Gasteiger partial charge in [-0.1, -0.05) is 37.3 Å². The minimum atomic E-state index is -1.19. The second kappa shape index (κ2) is 11.6. The number of nitrogens with one attached hydrogen (secondary N) is 1. The molecule has 1 heterocycles. The first-order valence-corrected chi connectivity index (χ1v) is 12.4. The highest BCUT2D eigenvalue weighted by molar-refractivity contribution is 6.36. The van der Waals surface area contributed by atoms with Crippen LogP contribution in [0, 0.1) is 0 Å². The van der Waals surface area contributed by atoms with Gasteiger partial charge in [-0.3, -0.25) is 14.4 Å². The van der Waals surface area contributed by atoms with E-state index in [9.17, 15) is 24.6 Å². The molecule has 1 aliphatic heterocycles. The Morgan fingerprint density at radius 2 is 1.92 bits per heavy atom. The van der Waals surface area contributed by atoms with Crippen molar-refractivity contribution in [3.05, 3.63) is 71.3 Å². The van der Waals surface area contributed by atoms with E-state index in [4.69, 9.17) is 9.47 Å². The molecule has 4 atom stereocenters. The quantitative estimate of drug-likeness (QED) is 0.414. The van der Waals surface area contributed by atoms with Crippen LogP contribution < -0.4 is 14.8 Å². The van der Waals surface area contributed by atoms with Gasteiger partial charge < -0.3 is 29.9 Å². The van der Waals surface area contributed by atoms with E-state index in [-0.39, 0.29) is 26.1 Å². The monoisotopic (exact) mass is 508 g/mol. The normalized spacial score (nSPS) is 21.7. The van der Waals surface area contributed by atoms with Gasteiger partial charge in [-0.15, -0.1) is 0 Å². The molecule has 0 aromatic heterocycles. The van der Waals surface area contributed by atoms with Crippen LogP contribution in [-0.4, -0.2) is 77.8 Å². The zero-order valence-corrected chi connectivity index (χ0v) is 20.9. The van der Waals surface area contributed by atoms with Gasteiger partial charge in [0, 0.05) is 30.6 Å². The summed E-state index contributed by atoms with van der Waals surface area (Å²) < 4.78 is 11.4. The first-order valence-electron chi connectivity index (χ1n) is 12.4. The Hall–Kier alpha value is -3.69. The predicted molar refractivity (Wildman–Crippen MR) is 135 cm³/mol. The van der Waals surface area contributed by atoms with Crippen molar-refractivity contribution >= 4 is 17.6 Å². The Labute approximate surface area is 215 Å². The number of fused-ring (bicyclic) bond motifs is 3. The minimum absolute atomic E-state index is 0.0128. The Kier molecular flexibility index (Phi) is 8.25. The number of carbonyl (C=O) groups is 3. The lowest BCUT2D eigenvalue weighted by Gasteiger charge is -2.40. The van der Waals surface area contributed by atoms with E-state index >= 15 is 0 Å². The smallest absolute Gasteiger partial charge is 0.290 e. The Balaban J connectivity index is 1.72. The number of aliphatic hydroxyl groups is 2. The molecule has 37 heavy (non-hydrogen) atoms. The molecule has 2 aromatic carbocycles. The average molecular weight is 509 g/mol. The zero-order chi connectivity index (χ0) is 26.5. The number of hydrogen-bond acceptors (Lipinski definition) is 7. The number of Topliss-reactive ketones (excluding diaryl/α,β-unsaturated/α-hetero) is 1. The van der Waals surface area contributed by atoms with Gasteiger partial charge in [0.1, 0.15) is 23.7 Å². The highest BCUT2D eigenvalue weighted by Crippen LogP contribution is 2.47. The molecule has 4 rings (SSSR count). The highest BCUT2D eigenvalue weighted by Gasteiger charge is 2.50. The third-order valence-electron chi connectivity index (χ3n) is 6.83. The second-order valence-electron chi connectivity index (χ2n) is 9.06. The number of hydrogen-bond donors (Lipinski definition) is 3. The van der Waals surface area contributed by atoms with Gasteiger partial charge >= 0.3 is 0 Å². The molecule has 9 heteroatoms. The molecule has 3 N–H and O–H groups in total. The standard InChI is InChI=1S/C28H32N2O7/c1-3-22(32)28(35)30(13-11-17-7-6-8-18(15-17)36-2)21-16-20(27(34)29-12-14-31)24-19-9-4-5-10-23(19)37-26(24)25(21)33/h4-10,15-16,21,24-26,31,33H,3,11-14H2,1-2H3,(H,29,34)/t21-,24+,25+,26+/m1/s1. The summed E-state index contributed by atoms with van der Waals surface area (Å²) >= 11 is 0. The number of amides is 2. The van der Waals surface area contributed by atoms with Crippen molar-refractivity contribution < 1.29 is 34.1 Å². The topological polar surface area (TPSA) is 125 Å². The Morgan fingerprint density at radius 1 is 1.14 bits per heavy atom. The van der Waals surface area contributed by atoms with Crippen LogP contribution in [-0.2, 0) is 20.8 Å². The maximum absolute atomic E-state index is 13.3. The van der Waals surface area contributed by atoms with E-state index in [1.807, 2.05) is 36.4 Å². The number of methoxy groups -OCH3 is 1. The van der Waals surface area contributed by atoms with Crippen LogP contribution in [0.5, 0.6) is 11.5 Å². The van der Waals surface area contributed by atoms with Gasteiger partial charge in [0.2, 0.25) is 11.7 Å². The Morgan fingerprint density at radius 3 is 2.65 bits per heavy atom. The van der Waals surface area contributed by atoms with Gasteiger partial charge in [-0.05, 0) is 36.3 Å². The summed E-state index contributed by atoms with van der Waals surface area (Å²) in [6.07, 6.45) is -0.0372. The Bertz CT molecular complexity index is 1190. The van der Waals surface area contributed by atoms with E-state index in [2.05, 4.69) is 5.32 Å². The van der Waals surface area contributed by atoms with Crippen LogP contribution in [0.2, 0.25) is 0 Å². The lowest BCUT2D eigenvalue weighted by Crippen LogP contribution is -2.57. The van der Waals surface area contributed by atoms with Crippen LogP contribution in [0.25, 0.3) is 0 Å². The fourth-order valence-electron chi connectivity index (χ4n) is 4.97. The molecule has 2 aliphatic rings. The molecule has 0 spiro atoms. The SMILES string of the molecule is CCC(=O)C(=O)N(CCc1cccc(OC)c1)[C@@H]1C=C(C(=O)NCCO)[C@@H]2c3ccccc3O[C@@H]2[C@H]1O. The van der Waals surface area contributed by atoms with Crippen molar-refractivity contribution in [2.45, 2.75) is 43.9 Å². The fourth-order valence-corrected chi connectivity index (χ4v) is 4.97. The maximum atomic E-state index is 13.3. The van der Waals surface area contributed by atoms with Crippen molar-refractivity contribution in [3.63, 3.8) is 0 Å². The molecule has 0 saturated heterocycles. The molecular weight excluding hydrogens is 476 g/mol. The van der Waals surface area contributed by atoms with Crippen LogP contribution in [0.4, 0.5) is 0 Å². The van der Waals surface area contributed by atoms with Crippen molar-refractivity contribution in [2.24, 2.45) is 0 Å². The molecule has 1 aliphatic carbocycles. The molecule has 0 radical (unpaired) electrons. The van der Waals surface area contributed by atoms with Crippen LogP contribution >= 0.6 is 0 Å².